The molecule has 0 aliphatic rings. The number of anilines is 1. The van der Waals surface area contributed by atoms with Crippen molar-refractivity contribution in [1.29, 1.82) is 0 Å². The van der Waals surface area contributed by atoms with E-state index in [2.05, 4.69) is 10.6 Å². The summed E-state index contributed by atoms with van der Waals surface area (Å²) in [5, 5.41) is 6.39. The Morgan fingerprint density at radius 1 is 1.27 bits per heavy atom. The largest absolute Gasteiger partial charge is 0.325 e. The molecule has 1 aromatic rings. The van der Waals surface area contributed by atoms with Gasteiger partial charge >= 0.3 is 0 Å². The highest BCUT2D eigenvalue weighted by atomic mass is 35.5. The predicted molar refractivity (Wildman–Crippen MR) is 63.2 cm³/mol. The van der Waals surface area contributed by atoms with Crippen LogP contribution in [0.2, 0.25) is 5.02 Å². The maximum Gasteiger partial charge on any atom is 0.244 e. The molecule has 0 saturated carbocycles. The molecule has 0 aliphatic heterocycles. The second-order valence-electron chi connectivity index (χ2n) is 3.84. The number of hydrogen-bond donors (Lipinski definition) is 2. The van der Waals surface area contributed by atoms with Crippen molar-refractivity contribution in [2.75, 3.05) is 12.4 Å². The van der Waals surface area contributed by atoms with Gasteiger partial charge in [-0.2, -0.15) is 0 Å². The van der Waals surface area contributed by atoms with Gasteiger partial charge in [0.15, 0.2) is 0 Å². The molecular weight excluding hydrogens is 212 g/mol. The van der Waals surface area contributed by atoms with Crippen LogP contribution in [0, 0.1) is 0 Å². The van der Waals surface area contributed by atoms with Crippen molar-refractivity contribution in [3.8, 4) is 0 Å². The van der Waals surface area contributed by atoms with Gasteiger partial charge in [0.2, 0.25) is 5.91 Å². The maximum absolute atomic E-state index is 11.7. The van der Waals surface area contributed by atoms with Crippen LogP contribution in [0.25, 0.3) is 0 Å². The van der Waals surface area contributed by atoms with Gasteiger partial charge in [-0.05, 0) is 45.2 Å². The van der Waals surface area contributed by atoms with E-state index in [4.69, 9.17) is 11.6 Å². The van der Waals surface area contributed by atoms with E-state index in [1.165, 1.54) is 0 Å². The third kappa shape index (κ3) is 3.22. The van der Waals surface area contributed by atoms with Gasteiger partial charge in [0, 0.05) is 10.7 Å². The average Bonchev–Trinajstić information content (AvgIpc) is 2.21. The summed E-state index contributed by atoms with van der Waals surface area (Å²) in [5.41, 5.74) is 0.160. The fraction of sp³-hybridized carbons (Fsp3) is 0.364. The van der Waals surface area contributed by atoms with Crippen LogP contribution in [0.5, 0.6) is 0 Å². The molecule has 0 atom stereocenters. The van der Waals surface area contributed by atoms with Gasteiger partial charge in [0.05, 0.1) is 5.54 Å². The molecule has 1 amide bonds. The zero-order valence-corrected chi connectivity index (χ0v) is 9.85. The fourth-order valence-electron chi connectivity index (χ4n) is 0.934. The van der Waals surface area contributed by atoms with Crippen LogP contribution >= 0.6 is 11.6 Å². The Hall–Kier alpha value is -1.06. The molecule has 0 bridgehead atoms. The van der Waals surface area contributed by atoms with Crippen LogP contribution in [0.1, 0.15) is 13.8 Å². The lowest BCUT2D eigenvalue weighted by molar-refractivity contribution is -0.121. The first-order valence-corrected chi connectivity index (χ1v) is 5.09. The monoisotopic (exact) mass is 226 g/mol. The Kier molecular flexibility index (Phi) is 3.72. The van der Waals surface area contributed by atoms with Crippen molar-refractivity contribution in [3.05, 3.63) is 29.3 Å². The first kappa shape index (κ1) is 12.0. The normalized spacial score (nSPS) is 11.2. The van der Waals surface area contributed by atoms with E-state index in [-0.39, 0.29) is 5.91 Å². The number of carbonyl (C=O) groups is 1. The maximum atomic E-state index is 11.7. The minimum atomic E-state index is -0.584. The lowest BCUT2D eigenvalue weighted by Crippen LogP contribution is -2.47. The molecule has 2 N–H and O–H groups in total. The fourth-order valence-corrected chi connectivity index (χ4v) is 1.06. The van der Waals surface area contributed by atoms with Gasteiger partial charge in [-0.3, -0.25) is 4.79 Å². The summed E-state index contributed by atoms with van der Waals surface area (Å²) < 4.78 is 0. The molecule has 15 heavy (non-hydrogen) atoms. The van der Waals surface area contributed by atoms with Crippen molar-refractivity contribution in [3.63, 3.8) is 0 Å². The van der Waals surface area contributed by atoms with E-state index in [1.54, 1.807) is 31.3 Å². The first-order chi connectivity index (χ1) is 6.95. The zero-order chi connectivity index (χ0) is 11.5. The highest BCUT2D eigenvalue weighted by molar-refractivity contribution is 6.30. The highest BCUT2D eigenvalue weighted by Gasteiger charge is 2.24. The summed E-state index contributed by atoms with van der Waals surface area (Å²) in [6.45, 7) is 3.64. The van der Waals surface area contributed by atoms with Gasteiger partial charge in [-0.25, -0.2) is 0 Å². The number of halogens is 1. The molecule has 0 radical (unpaired) electrons. The number of hydrogen-bond acceptors (Lipinski definition) is 2. The van der Waals surface area contributed by atoms with E-state index in [1.807, 2.05) is 13.8 Å². The van der Waals surface area contributed by atoms with Crippen molar-refractivity contribution in [2.24, 2.45) is 0 Å². The smallest absolute Gasteiger partial charge is 0.244 e. The quantitative estimate of drug-likeness (QED) is 0.830. The molecule has 4 heteroatoms. The average molecular weight is 227 g/mol. The van der Waals surface area contributed by atoms with Crippen molar-refractivity contribution < 1.29 is 4.79 Å². The molecule has 0 spiro atoms. The molecule has 0 aliphatic carbocycles. The summed E-state index contributed by atoms with van der Waals surface area (Å²) in [7, 11) is 1.75. The van der Waals surface area contributed by atoms with E-state index in [0.717, 1.165) is 5.69 Å². The Morgan fingerprint density at radius 2 is 1.80 bits per heavy atom. The van der Waals surface area contributed by atoms with E-state index < -0.39 is 5.54 Å². The molecule has 0 fully saturated rings. The van der Waals surface area contributed by atoms with Crippen molar-refractivity contribution in [1.82, 2.24) is 5.32 Å². The lowest BCUT2D eigenvalue weighted by Gasteiger charge is -2.22. The summed E-state index contributed by atoms with van der Waals surface area (Å²) in [6, 6.07) is 7.02. The molecule has 3 nitrogen and oxygen atoms in total. The SMILES string of the molecule is CNC(C)(C)C(=O)Nc1ccc(Cl)cc1. The predicted octanol–water partition coefficient (Wildman–Crippen LogP) is 2.28. The van der Waals surface area contributed by atoms with Gasteiger partial charge in [-0.15, -0.1) is 0 Å². The van der Waals surface area contributed by atoms with Crippen LogP contribution in [-0.4, -0.2) is 18.5 Å². The summed E-state index contributed by atoms with van der Waals surface area (Å²) in [5.74, 6) is -0.0766. The molecule has 1 aromatic carbocycles. The first-order valence-electron chi connectivity index (χ1n) is 4.71. The molecule has 0 aromatic heterocycles. The van der Waals surface area contributed by atoms with Crippen LogP contribution in [-0.2, 0) is 4.79 Å². The third-order valence-electron chi connectivity index (χ3n) is 2.29. The van der Waals surface area contributed by atoms with E-state index in [0.29, 0.717) is 5.02 Å². The van der Waals surface area contributed by atoms with Crippen LogP contribution in [0.4, 0.5) is 5.69 Å². The number of nitrogens with one attached hydrogen (secondary N) is 2. The van der Waals surface area contributed by atoms with E-state index in [9.17, 15) is 4.79 Å². The van der Waals surface area contributed by atoms with Gasteiger partial charge in [-0.1, -0.05) is 11.6 Å². The van der Waals surface area contributed by atoms with Crippen LogP contribution < -0.4 is 10.6 Å². The van der Waals surface area contributed by atoms with Crippen LogP contribution in [0.15, 0.2) is 24.3 Å². The standard InChI is InChI=1S/C11H15ClN2O/c1-11(2,13-3)10(15)14-9-6-4-8(12)5-7-9/h4-7,13H,1-3H3,(H,14,15). The summed E-state index contributed by atoms with van der Waals surface area (Å²) in [4.78, 5) is 11.7. The Morgan fingerprint density at radius 3 is 2.27 bits per heavy atom. The third-order valence-corrected chi connectivity index (χ3v) is 2.55. The molecule has 0 saturated heterocycles. The van der Waals surface area contributed by atoms with E-state index >= 15 is 0 Å². The lowest BCUT2D eigenvalue weighted by atomic mass is 10.1. The summed E-state index contributed by atoms with van der Waals surface area (Å²) in [6.07, 6.45) is 0. The number of rotatable bonds is 3. The second kappa shape index (κ2) is 4.64. The van der Waals surface area contributed by atoms with Gasteiger partial charge in [0.1, 0.15) is 0 Å². The Balaban J connectivity index is 2.71. The number of benzene rings is 1. The van der Waals surface area contributed by atoms with Crippen LogP contribution in [0.3, 0.4) is 0 Å². The Labute approximate surface area is 94.8 Å². The highest BCUT2D eigenvalue weighted by Crippen LogP contribution is 2.14. The topological polar surface area (TPSA) is 41.1 Å². The molecule has 0 unspecified atom stereocenters. The molecule has 82 valence electrons. The minimum absolute atomic E-state index is 0.0766. The number of carbonyl (C=O) groups excluding carboxylic acids is 1. The van der Waals surface area contributed by atoms with Crippen molar-refractivity contribution in [2.45, 2.75) is 19.4 Å². The number of likely N-dealkylation sites (N-methyl/N-ethyl adjacent to an activating group) is 1. The summed E-state index contributed by atoms with van der Waals surface area (Å²) >= 11 is 5.74. The van der Waals surface area contributed by atoms with Crippen molar-refractivity contribution >= 4 is 23.2 Å². The zero-order valence-electron chi connectivity index (χ0n) is 9.10. The number of amides is 1. The molecule has 0 heterocycles. The Bertz CT molecular complexity index is 346. The van der Waals surface area contributed by atoms with Gasteiger partial charge in [0.25, 0.3) is 0 Å². The second-order valence-corrected chi connectivity index (χ2v) is 4.27. The molecular formula is C11H15ClN2O. The minimum Gasteiger partial charge on any atom is -0.325 e. The van der Waals surface area contributed by atoms with Gasteiger partial charge < -0.3 is 10.6 Å². The molecule has 1 rings (SSSR count).